The summed E-state index contributed by atoms with van der Waals surface area (Å²) in [5.41, 5.74) is -0.758. The first kappa shape index (κ1) is 21.4. The quantitative estimate of drug-likeness (QED) is 0.486. The fraction of sp³-hybridized carbons (Fsp3) is 0.421. The number of rotatable bonds is 10. The molecule has 1 aromatic rings. The van der Waals surface area contributed by atoms with E-state index in [-0.39, 0.29) is 32.0 Å². The van der Waals surface area contributed by atoms with Crippen LogP contribution in [0.1, 0.15) is 37.6 Å². The van der Waals surface area contributed by atoms with Crippen LogP contribution < -0.4 is 4.74 Å². The zero-order valence-electron chi connectivity index (χ0n) is 15.3. The molecule has 0 fully saturated rings. The first-order valence-corrected chi connectivity index (χ1v) is 8.19. The molecule has 7 heteroatoms. The third kappa shape index (κ3) is 6.68. The Labute approximate surface area is 152 Å². The minimum Gasteiger partial charge on any atom is -0.492 e. The Hall–Kier alpha value is -2.67. The van der Waals surface area contributed by atoms with Crippen molar-refractivity contribution in [2.45, 2.75) is 32.8 Å². The van der Waals surface area contributed by atoms with E-state index < -0.39 is 17.4 Å². The van der Waals surface area contributed by atoms with E-state index in [0.717, 1.165) is 0 Å². The van der Waals surface area contributed by atoms with Gasteiger partial charge in [-0.25, -0.2) is 0 Å². The Bertz CT molecular complexity index is 672. The fourth-order valence-electron chi connectivity index (χ4n) is 2.14. The second-order valence-corrected chi connectivity index (χ2v) is 6.48. The molecule has 1 amide bonds. The van der Waals surface area contributed by atoms with Gasteiger partial charge in [-0.2, -0.15) is 0 Å². The number of carbonyl (C=O) groups excluding carboxylic acids is 2. The van der Waals surface area contributed by atoms with Gasteiger partial charge in [0, 0.05) is 17.7 Å². The van der Waals surface area contributed by atoms with Gasteiger partial charge in [-0.15, -0.1) is 0 Å². The monoisotopic (exact) mass is 363 g/mol. The van der Waals surface area contributed by atoms with Crippen molar-refractivity contribution in [3.8, 4) is 5.75 Å². The number of hydrogen-bond acceptors (Lipinski definition) is 5. The number of carboxylic acid groups (broad SMARTS) is 1. The smallest absolute Gasteiger partial charge is 0.305 e. The van der Waals surface area contributed by atoms with Crippen molar-refractivity contribution in [1.29, 1.82) is 0 Å². The zero-order valence-corrected chi connectivity index (χ0v) is 15.3. The lowest BCUT2D eigenvalue weighted by molar-refractivity contribution is -0.138. The standard InChI is InChI=1S/C19H25NO6/c1-13(2)18(24)20(10-9-16(21)22)11-12-26-15-7-5-14(6-8-15)17(23)19(3,4)25/h5-8,25H,1,9-12H2,2-4H3,(H,21,22). The summed E-state index contributed by atoms with van der Waals surface area (Å²) in [4.78, 5) is 36.1. The Kier molecular flexibility index (Phi) is 7.52. The number of ketones is 1. The lowest BCUT2D eigenvalue weighted by Gasteiger charge is -2.22. The van der Waals surface area contributed by atoms with Gasteiger partial charge >= 0.3 is 5.97 Å². The SMILES string of the molecule is C=C(C)C(=O)N(CCOc1ccc(C(=O)C(C)(C)O)cc1)CCC(=O)O. The first-order chi connectivity index (χ1) is 12.0. The maximum atomic E-state index is 12.0. The Morgan fingerprint density at radius 2 is 1.73 bits per heavy atom. The van der Waals surface area contributed by atoms with Gasteiger partial charge in [-0.3, -0.25) is 14.4 Å². The highest BCUT2D eigenvalue weighted by molar-refractivity contribution is 6.01. The molecule has 0 aliphatic rings. The highest BCUT2D eigenvalue weighted by atomic mass is 16.5. The van der Waals surface area contributed by atoms with Crippen LogP contribution in [-0.2, 0) is 9.59 Å². The number of nitrogens with zero attached hydrogens (tertiary/aromatic N) is 1. The molecule has 7 nitrogen and oxygen atoms in total. The number of Topliss-reactive ketones (excluding diaryl/α,β-unsaturated/α-hetero) is 1. The van der Waals surface area contributed by atoms with Gasteiger partial charge in [-0.05, 0) is 45.0 Å². The van der Waals surface area contributed by atoms with Gasteiger partial charge in [0.25, 0.3) is 0 Å². The first-order valence-electron chi connectivity index (χ1n) is 8.19. The van der Waals surface area contributed by atoms with Crippen molar-refractivity contribution >= 4 is 17.7 Å². The lowest BCUT2D eigenvalue weighted by Crippen LogP contribution is -2.36. The van der Waals surface area contributed by atoms with E-state index in [1.807, 2.05) is 0 Å². The van der Waals surface area contributed by atoms with Crippen molar-refractivity contribution in [2.24, 2.45) is 0 Å². The molecule has 26 heavy (non-hydrogen) atoms. The molecule has 0 aliphatic heterocycles. The molecular weight excluding hydrogens is 338 g/mol. The third-order valence-electron chi connectivity index (χ3n) is 3.55. The van der Waals surface area contributed by atoms with E-state index in [1.54, 1.807) is 31.2 Å². The Morgan fingerprint density at radius 1 is 1.15 bits per heavy atom. The van der Waals surface area contributed by atoms with Gasteiger partial charge in [0.05, 0.1) is 13.0 Å². The maximum absolute atomic E-state index is 12.0. The Morgan fingerprint density at radius 3 is 2.19 bits per heavy atom. The van der Waals surface area contributed by atoms with E-state index >= 15 is 0 Å². The summed E-state index contributed by atoms with van der Waals surface area (Å²) in [6, 6.07) is 6.30. The second kappa shape index (κ2) is 9.15. The van der Waals surface area contributed by atoms with Crippen LogP contribution >= 0.6 is 0 Å². The molecule has 0 atom stereocenters. The highest BCUT2D eigenvalue weighted by Crippen LogP contribution is 2.17. The number of hydrogen-bond donors (Lipinski definition) is 2. The summed E-state index contributed by atoms with van der Waals surface area (Å²) in [5, 5.41) is 18.5. The van der Waals surface area contributed by atoms with Crippen LogP contribution in [0, 0.1) is 0 Å². The number of ether oxygens (including phenoxy) is 1. The normalized spacial score (nSPS) is 10.9. The molecule has 0 aliphatic carbocycles. The van der Waals surface area contributed by atoms with Gasteiger partial charge in [-0.1, -0.05) is 6.58 Å². The average Bonchev–Trinajstić information content (AvgIpc) is 2.56. The van der Waals surface area contributed by atoms with Crippen molar-refractivity contribution in [1.82, 2.24) is 4.90 Å². The summed E-state index contributed by atoms with van der Waals surface area (Å²) in [6.07, 6.45) is -0.160. The largest absolute Gasteiger partial charge is 0.492 e. The summed E-state index contributed by atoms with van der Waals surface area (Å²) >= 11 is 0. The average molecular weight is 363 g/mol. The molecule has 142 valence electrons. The van der Waals surface area contributed by atoms with E-state index in [4.69, 9.17) is 9.84 Å². The van der Waals surface area contributed by atoms with E-state index in [9.17, 15) is 19.5 Å². The molecule has 1 rings (SSSR count). The molecule has 1 aromatic carbocycles. The van der Waals surface area contributed by atoms with Crippen LogP contribution in [-0.4, -0.2) is 58.1 Å². The molecule has 0 radical (unpaired) electrons. The van der Waals surface area contributed by atoms with E-state index in [1.165, 1.54) is 18.7 Å². The van der Waals surface area contributed by atoms with Crippen LogP contribution in [0.25, 0.3) is 0 Å². The molecule has 0 spiro atoms. The fourth-order valence-corrected chi connectivity index (χ4v) is 2.14. The molecule has 0 aromatic heterocycles. The maximum Gasteiger partial charge on any atom is 0.305 e. The summed E-state index contributed by atoms with van der Waals surface area (Å²) in [6.45, 7) is 8.44. The van der Waals surface area contributed by atoms with Crippen LogP contribution in [0.2, 0.25) is 0 Å². The topological polar surface area (TPSA) is 104 Å². The van der Waals surface area contributed by atoms with Crippen molar-refractivity contribution in [2.75, 3.05) is 19.7 Å². The highest BCUT2D eigenvalue weighted by Gasteiger charge is 2.25. The number of aliphatic carboxylic acids is 1. The molecule has 0 bridgehead atoms. The molecule has 0 unspecified atom stereocenters. The molecule has 0 saturated heterocycles. The van der Waals surface area contributed by atoms with Gasteiger partial charge in [0.15, 0.2) is 5.78 Å². The van der Waals surface area contributed by atoms with Gasteiger partial charge < -0.3 is 19.8 Å². The minimum absolute atomic E-state index is 0.0728. The van der Waals surface area contributed by atoms with Crippen LogP contribution in [0.15, 0.2) is 36.4 Å². The predicted molar refractivity (Wildman–Crippen MR) is 96.2 cm³/mol. The molecular formula is C19H25NO6. The summed E-state index contributed by atoms with van der Waals surface area (Å²) in [7, 11) is 0. The number of carbonyl (C=O) groups is 3. The zero-order chi connectivity index (χ0) is 19.9. The number of aliphatic hydroxyl groups is 1. The number of amides is 1. The van der Waals surface area contributed by atoms with Crippen molar-refractivity contribution in [3.05, 3.63) is 42.0 Å². The van der Waals surface area contributed by atoms with E-state index in [2.05, 4.69) is 6.58 Å². The van der Waals surface area contributed by atoms with Crippen molar-refractivity contribution < 1.29 is 29.3 Å². The number of benzene rings is 1. The predicted octanol–water partition coefficient (Wildman–Crippen LogP) is 1.90. The van der Waals surface area contributed by atoms with Crippen molar-refractivity contribution in [3.63, 3.8) is 0 Å². The molecule has 2 N–H and O–H groups in total. The molecule has 0 saturated carbocycles. The number of carboxylic acids is 1. The van der Waals surface area contributed by atoms with E-state index in [0.29, 0.717) is 16.9 Å². The lowest BCUT2D eigenvalue weighted by atomic mass is 9.97. The molecule has 0 heterocycles. The summed E-state index contributed by atoms with van der Waals surface area (Å²) in [5.74, 6) is -1.20. The third-order valence-corrected chi connectivity index (χ3v) is 3.55. The van der Waals surface area contributed by atoms with Gasteiger partial charge in [0.1, 0.15) is 18.0 Å². The summed E-state index contributed by atoms with van der Waals surface area (Å²) < 4.78 is 5.55. The van der Waals surface area contributed by atoms with Gasteiger partial charge in [0.2, 0.25) is 5.91 Å². The Balaban J connectivity index is 2.63. The minimum atomic E-state index is -1.45. The van der Waals surface area contributed by atoms with Crippen LogP contribution in [0.4, 0.5) is 0 Å². The second-order valence-electron chi connectivity index (χ2n) is 6.48. The van der Waals surface area contributed by atoms with Crippen LogP contribution in [0.5, 0.6) is 5.75 Å². The van der Waals surface area contributed by atoms with Crippen LogP contribution in [0.3, 0.4) is 0 Å².